The van der Waals surface area contributed by atoms with Gasteiger partial charge < -0.3 is 14.8 Å². The Labute approximate surface area is 157 Å². The highest BCUT2D eigenvalue weighted by Gasteiger charge is 2.10. The summed E-state index contributed by atoms with van der Waals surface area (Å²) >= 11 is 3.52. The van der Waals surface area contributed by atoms with E-state index >= 15 is 0 Å². The van der Waals surface area contributed by atoms with E-state index < -0.39 is 0 Å². The van der Waals surface area contributed by atoms with Crippen LogP contribution in [0.5, 0.6) is 11.5 Å². The van der Waals surface area contributed by atoms with Crippen LogP contribution in [0.25, 0.3) is 0 Å². The fourth-order valence-electron chi connectivity index (χ4n) is 2.35. The van der Waals surface area contributed by atoms with Crippen LogP contribution in [0.15, 0.2) is 46.9 Å². The third-order valence-corrected chi connectivity index (χ3v) is 4.54. The molecule has 0 saturated heterocycles. The van der Waals surface area contributed by atoms with E-state index in [1.165, 1.54) is 5.56 Å². The number of benzene rings is 2. The minimum absolute atomic E-state index is 0.0554. The summed E-state index contributed by atoms with van der Waals surface area (Å²) in [7, 11) is 0. The summed E-state index contributed by atoms with van der Waals surface area (Å²) in [4.78, 5) is 12.1. The molecule has 25 heavy (non-hydrogen) atoms. The number of hydrogen-bond acceptors (Lipinski definition) is 3. The molecule has 0 radical (unpaired) electrons. The molecular formula is C20H24BrNO3. The molecular weight excluding hydrogens is 382 g/mol. The lowest BCUT2D eigenvalue weighted by atomic mass is 9.99. The number of rotatable bonds is 8. The lowest BCUT2D eigenvalue weighted by Gasteiger charge is -2.13. The van der Waals surface area contributed by atoms with Crippen molar-refractivity contribution in [1.29, 1.82) is 0 Å². The lowest BCUT2D eigenvalue weighted by Crippen LogP contribution is -2.20. The molecule has 0 aliphatic rings. The zero-order valence-electron chi connectivity index (χ0n) is 14.8. The Kier molecular flexibility index (Phi) is 7.31. The lowest BCUT2D eigenvalue weighted by molar-refractivity contribution is -0.118. The smallest absolute Gasteiger partial charge is 0.262 e. The predicted octanol–water partition coefficient (Wildman–Crippen LogP) is 5.38. The third kappa shape index (κ3) is 5.78. The molecule has 0 aliphatic carbocycles. The number of amides is 1. The number of carbonyl (C=O) groups excluding carboxylic acids is 1. The number of hydrogen-bond donors (Lipinski definition) is 1. The monoisotopic (exact) mass is 405 g/mol. The SMILES string of the molecule is CCOc1cccc(NC(=O)COc2ccc(C(C)CC)cc2Br)c1. The number of carbonyl (C=O) groups is 1. The minimum atomic E-state index is -0.216. The second-order valence-electron chi connectivity index (χ2n) is 5.80. The Morgan fingerprint density at radius 2 is 1.96 bits per heavy atom. The normalized spacial score (nSPS) is 11.7. The van der Waals surface area contributed by atoms with Crippen molar-refractivity contribution in [1.82, 2.24) is 0 Å². The molecule has 2 rings (SSSR count). The van der Waals surface area contributed by atoms with E-state index in [2.05, 4.69) is 35.1 Å². The van der Waals surface area contributed by atoms with Gasteiger partial charge >= 0.3 is 0 Å². The van der Waals surface area contributed by atoms with Crippen molar-refractivity contribution in [2.24, 2.45) is 0 Å². The van der Waals surface area contributed by atoms with Gasteiger partial charge in [-0.2, -0.15) is 0 Å². The van der Waals surface area contributed by atoms with Gasteiger partial charge in [0.05, 0.1) is 11.1 Å². The maximum Gasteiger partial charge on any atom is 0.262 e. The van der Waals surface area contributed by atoms with Crippen molar-refractivity contribution in [2.75, 3.05) is 18.5 Å². The standard InChI is InChI=1S/C20H24BrNO3/c1-4-14(3)15-9-10-19(18(21)11-15)25-13-20(23)22-16-7-6-8-17(12-16)24-5-2/h6-12,14H,4-5,13H2,1-3H3,(H,22,23). The van der Waals surface area contributed by atoms with Gasteiger partial charge in [-0.1, -0.05) is 26.0 Å². The Morgan fingerprint density at radius 3 is 2.64 bits per heavy atom. The number of anilines is 1. The molecule has 1 N–H and O–H groups in total. The third-order valence-electron chi connectivity index (χ3n) is 3.92. The molecule has 134 valence electrons. The van der Waals surface area contributed by atoms with Crippen molar-refractivity contribution in [3.63, 3.8) is 0 Å². The zero-order chi connectivity index (χ0) is 18.2. The molecule has 0 spiro atoms. The highest BCUT2D eigenvalue weighted by Crippen LogP contribution is 2.30. The van der Waals surface area contributed by atoms with Gasteiger partial charge in [-0.15, -0.1) is 0 Å². The molecule has 1 amide bonds. The largest absolute Gasteiger partial charge is 0.494 e. The van der Waals surface area contributed by atoms with Crippen LogP contribution < -0.4 is 14.8 Å². The van der Waals surface area contributed by atoms with Gasteiger partial charge in [-0.05, 0) is 65.0 Å². The molecule has 0 fully saturated rings. The van der Waals surface area contributed by atoms with Crippen LogP contribution in [0.4, 0.5) is 5.69 Å². The van der Waals surface area contributed by atoms with Crippen molar-refractivity contribution >= 4 is 27.5 Å². The summed E-state index contributed by atoms with van der Waals surface area (Å²) in [5.74, 6) is 1.66. The van der Waals surface area contributed by atoms with E-state index in [1.807, 2.05) is 43.3 Å². The first-order valence-electron chi connectivity index (χ1n) is 8.48. The van der Waals surface area contributed by atoms with Gasteiger partial charge in [0.1, 0.15) is 11.5 Å². The number of nitrogens with one attached hydrogen (secondary N) is 1. The summed E-state index contributed by atoms with van der Waals surface area (Å²) in [6.45, 7) is 6.80. The summed E-state index contributed by atoms with van der Waals surface area (Å²) in [5.41, 5.74) is 1.93. The van der Waals surface area contributed by atoms with E-state index in [1.54, 1.807) is 6.07 Å². The first-order valence-corrected chi connectivity index (χ1v) is 9.27. The highest BCUT2D eigenvalue weighted by molar-refractivity contribution is 9.10. The second kappa shape index (κ2) is 9.47. The summed E-state index contributed by atoms with van der Waals surface area (Å²) in [6, 6.07) is 13.3. The van der Waals surface area contributed by atoms with Crippen molar-refractivity contribution < 1.29 is 14.3 Å². The van der Waals surface area contributed by atoms with Gasteiger partial charge in [-0.3, -0.25) is 4.79 Å². The van der Waals surface area contributed by atoms with Gasteiger partial charge in [0, 0.05) is 11.8 Å². The van der Waals surface area contributed by atoms with E-state index in [0.717, 1.165) is 16.6 Å². The van der Waals surface area contributed by atoms with Crippen molar-refractivity contribution in [3.8, 4) is 11.5 Å². The molecule has 5 heteroatoms. The van der Waals surface area contributed by atoms with E-state index in [9.17, 15) is 4.79 Å². The maximum absolute atomic E-state index is 12.1. The average Bonchev–Trinajstić information content (AvgIpc) is 2.60. The maximum atomic E-state index is 12.1. The van der Waals surface area contributed by atoms with Crippen LogP contribution in [0.1, 0.15) is 38.7 Å². The highest BCUT2D eigenvalue weighted by atomic mass is 79.9. The Bertz CT molecular complexity index is 718. The first kappa shape index (κ1) is 19.3. The van der Waals surface area contributed by atoms with Crippen LogP contribution in [0.3, 0.4) is 0 Å². The zero-order valence-corrected chi connectivity index (χ0v) is 16.4. The molecule has 0 heterocycles. The van der Waals surface area contributed by atoms with Crippen molar-refractivity contribution in [3.05, 3.63) is 52.5 Å². The molecule has 0 aromatic heterocycles. The van der Waals surface area contributed by atoms with Crippen molar-refractivity contribution in [2.45, 2.75) is 33.1 Å². The molecule has 2 aromatic rings. The average molecular weight is 406 g/mol. The molecule has 1 unspecified atom stereocenters. The van der Waals surface area contributed by atoms with Crippen LogP contribution in [-0.4, -0.2) is 19.1 Å². The van der Waals surface area contributed by atoms with E-state index in [0.29, 0.717) is 24.0 Å². The second-order valence-corrected chi connectivity index (χ2v) is 6.65. The molecule has 0 aliphatic heterocycles. The minimum Gasteiger partial charge on any atom is -0.494 e. The van der Waals surface area contributed by atoms with Crippen LogP contribution >= 0.6 is 15.9 Å². The molecule has 2 aromatic carbocycles. The topological polar surface area (TPSA) is 47.6 Å². The van der Waals surface area contributed by atoms with Gasteiger partial charge in [-0.25, -0.2) is 0 Å². The molecule has 1 atom stereocenters. The van der Waals surface area contributed by atoms with Crippen LogP contribution in [-0.2, 0) is 4.79 Å². The first-order chi connectivity index (χ1) is 12.0. The summed E-state index contributed by atoms with van der Waals surface area (Å²) < 4.78 is 11.9. The Hall–Kier alpha value is -2.01. The van der Waals surface area contributed by atoms with Crippen LogP contribution in [0, 0.1) is 0 Å². The Morgan fingerprint density at radius 1 is 1.16 bits per heavy atom. The van der Waals surface area contributed by atoms with Gasteiger partial charge in [0.2, 0.25) is 0 Å². The Balaban J connectivity index is 1.92. The summed E-state index contributed by atoms with van der Waals surface area (Å²) in [6.07, 6.45) is 1.08. The molecule has 0 bridgehead atoms. The fraction of sp³-hybridized carbons (Fsp3) is 0.350. The number of ether oxygens (including phenoxy) is 2. The van der Waals surface area contributed by atoms with Gasteiger partial charge in [0.15, 0.2) is 6.61 Å². The van der Waals surface area contributed by atoms with Crippen LogP contribution in [0.2, 0.25) is 0 Å². The quantitative estimate of drug-likeness (QED) is 0.641. The van der Waals surface area contributed by atoms with Gasteiger partial charge in [0.25, 0.3) is 5.91 Å². The summed E-state index contributed by atoms with van der Waals surface area (Å²) in [5, 5.41) is 2.81. The fourth-order valence-corrected chi connectivity index (χ4v) is 2.86. The number of halogens is 1. The van der Waals surface area contributed by atoms with E-state index in [4.69, 9.17) is 9.47 Å². The van der Waals surface area contributed by atoms with E-state index in [-0.39, 0.29) is 12.5 Å². The molecule has 4 nitrogen and oxygen atoms in total. The molecule has 0 saturated carbocycles. The predicted molar refractivity (Wildman–Crippen MR) is 105 cm³/mol.